The predicted molar refractivity (Wildman–Crippen MR) is 71.7 cm³/mol. The van der Waals surface area contributed by atoms with Crippen LogP contribution in [0.15, 0.2) is 42.5 Å². The van der Waals surface area contributed by atoms with Crippen molar-refractivity contribution in [2.75, 3.05) is 0 Å². The third-order valence-electron chi connectivity index (χ3n) is 4.01. The first kappa shape index (κ1) is 7.91. The SMILES string of the molecule is Oc1cc2cc3c4cccc5ccc(c13)c2c54. The number of benzene rings is 7. The molecule has 7 rings (SSSR count). The van der Waals surface area contributed by atoms with Crippen molar-refractivity contribution in [1.82, 2.24) is 0 Å². The molecule has 0 fully saturated rings. The average Bonchev–Trinajstić information content (AvgIpc) is 2.37. The Kier molecular flexibility index (Phi) is 1.03. The van der Waals surface area contributed by atoms with Gasteiger partial charge in [0.25, 0.3) is 0 Å². The molecule has 0 saturated heterocycles. The highest BCUT2D eigenvalue weighted by Gasteiger charge is 2.19. The highest BCUT2D eigenvalue weighted by molar-refractivity contribution is 6.39. The number of fused-ring (bicyclic) bond motifs is 1. The molecule has 17 heavy (non-hydrogen) atoms. The minimum Gasteiger partial charge on any atom is -0.507 e. The lowest BCUT2D eigenvalue weighted by Gasteiger charge is -2.19. The second-order valence-electron chi connectivity index (χ2n) is 4.81. The molecule has 1 heteroatoms. The Morgan fingerprint density at radius 2 is 1.53 bits per heavy atom. The van der Waals surface area contributed by atoms with E-state index in [1.54, 1.807) is 0 Å². The van der Waals surface area contributed by atoms with Crippen LogP contribution in [0.4, 0.5) is 0 Å². The van der Waals surface area contributed by atoms with E-state index in [0.717, 1.165) is 10.8 Å². The topological polar surface area (TPSA) is 20.2 Å². The molecule has 78 valence electrons. The van der Waals surface area contributed by atoms with E-state index in [0.29, 0.717) is 5.75 Å². The summed E-state index contributed by atoms with van der Waals surface area (Å²) in [5, 5.41) is 19.8. The highest BCUT2D eigenvalue weighted by Crippen LogP contribution is 2.48. The fourth-order valence-corrected chi connectivity index (χ4v) is 3.38. The molecular formula is C16H8O. The van der Waals surface area contributed by atoms with Crippen LogP contribution in [0, 0.1) is 0 Å². The van der Waals surface area contributed by atoms with Crippen LogP contribution >= 0.6 is 0 Å². The summed E-state index contributed by atoms with van der Waals surface area (Å²) >= 11 is 0. The monoisotopic (exact) mass is 216 g/mol. The fourth-order valence-electron chi connectivity index (χ4n) is 3.38. The van der Waals surface area contributed by atoms with Gasteiger partial charge in [-0.15, -0.1) is 0 Å². The van der Waals surface area contributed by atoms with Crippen molar-refractivity contribution in [1.29, 1.82) is 0 Å². The first-order chi connectivity index (χ1) is 8.34. The molecule has 0 aliphatic carbocycles. The first-order valence-corrected chi connectivity index (χ1v) is 5.78. The van der Waals surface area contributed by atoms with Crippen LogP contribution in [-0.2, 0) is 0 Å². The number of hydrogen-bond donors (Lipinski definition) is 1. The van der Waals surface area contributed by atoms with E-state index >= 15 is 0 Å². The Labute approximate surface area is 96.9 Å². The maximum Gasteiger partial charge on any atom is 0.124 e. The summed E-state index contributed by atoms with van der Waals surface area (Å²) < 4.78 is 0. The van der Waals surface area contributed by atoms with Crippen LogP contribution < -0.4 is 0 Å². The summed E-state index contributed by atoms with van der Waals surface area (Å²) in [4.78, 5) is 0. The molecule has 0 atom stereocenters. The van der Waals surface area contributed by atoms with Crippen molar-refractivity contribution in [3.8, 4) is 5.75 Å². The highest BCUT2D eigenvalue weighted by atomic mass is 16.3. The van der Waals surface area contributed by atoms with Crippen molar-refractivity contribution < 1.29 is 5.11 Å². The molecule has 1 N–H and O–H groups in total. The van der Waals surface area contributed by atoms with Gasteiger partial charge < -0.3 is 5.11 Å². The van der Waals surface area contributed by atoms with Gasteiger partial charge >= 0.3 is 0 Å². The molecule has 0 heterocycles. The second-order valence-corrected chi connectivity index (χ2v) is 4.81. The number of phenolic OH excluding ortho intramolecular Hbond substituents is 1. The Morgan fingerprint density at radius 3 is 2.47 bits per heavy atom. The first-order valence-electron chi connectivity index (χ1n) is 5.78. The molecular weight excluding hydrogens is 208 g/mol. The van der Waals surface area contributed by atoms with Gasteiger partial charge in [-0.2, -0.15) is 0 Å². The van der Waals surface area contributed by atoms with Crippen molar-refractivity contribution in [2.24, 2.45) is 0 Å². The molecule has 1 nitrogen and oxygen atoms in total. The third kappa shape index (κ3) is 0.678. The molecule has 0 aliphatic heterocycles. The van der Waals surface area contributed by atoms with Crippen LogP contribution in [0.25, 0.3) is 43.1 Å². The lowest BCUT2D eigenvalue weighted by Crippen LogP contribution is -1.91. The van der Waals surface area contributed by atoms with E-state index in [-0.39, 0.29) is 0 Å². The quantitative estimate of drug-likeness (QED) is 0.382. The number of phenols is 2. The van der Waals surface area contributed by atoms with Crippen LogP contribution in [0.3, 0.4) is 0 Å². The van der Waals surface area contributed by atoms with Gasteiger partial charge in [0.1, 0.15) is 5.75 Å². The van der Waals surface area contributed by atoms with Crippen molar-refractivity contribution in [3.63, 3.8) is 0 Å². The summed E-state index contributed by atoms with van der Waals surface area (Å²) in [7, 11) is 0. The Balaban J connectivity index is 2.42. The zero-order valence-corrected chi connectivity index (χ0v) is 8.99. The molecule has 0 saturated carbocycles. The van der Waals surface area contributed by atoms with E-state index in [9.17, 15) is 5.11 Å². The van der Waals surface area contributed by atoms with E-state index < -0.39 is 0 Å². The lowest BCUT2D eigenvalue weighted by molar-refractivity contribution is 0.482. The van der Waals surface area contributed by atoms with Crippen LogP contribution in [0.1, 0.15) is 0 Å². The maximum atomic E-state index is 10.1. The normalized spacial score (nSPS) is 12.9. The molecule has 0 radical (unpaired) electrons. The molecule has 0 aliphatic rings. The molecule has 0 amide bonds. The average molecular weight is 216 g/mol. The van der Waals surface area contributed by atoms with Gasteiger partial charge in [0.05, 0.1) is 0 Å². The Bertz CT molecular complexity index is 981. The summed E-state index contributed by atoms with van der Waals surface area (Å²) in [5.41, 5.74) is 0. The largest absolute Gasteiger partial charge is 0.507 e. The zero-order valence-electron chi connectivity index (χ0n) is 8.99. The van der Waals surface area contributed by atoms with Gasteiger partial charge in [0.15, 0.2) is 0 Å². The van der Waals surface area contributed by atoms with E-state index in [2.05, 4.69) is 36.4 Å². The Morgan fingerprint density at radius 1 is 0.647 bits per heavy atom. The fraction of sp³-hybridized carbons (Fsp3) is 0. The van der Waals surface area contributed by atoms with Gasteiger partial charge in [-0.1, -0.05) is 30.3 Å². The third-order valence-corrected chi connectivity index (χ3v) is 4.01. The summed E-state index contributed by atoms with van der Waals surface area (Å²) in [6.07, 6.45) is 0. The molecule has 7 aromatic rings. The summed E-state index contributed by atoms with van der Waals surface area (Å²) in [5.74, 6) is 0.416. The molecule has 0 aromatic heterocycles. The van der Waals surface area contributed by atoms with Crippen LogP contribution in [0.2, 0.25) is 0 Å². The van der Waals surface area contributed by atoms with Gasteiger partial charge in [0.2, 0.25) is 0 Å². The van der Waals surface area contributed by atoms with Gasteiger partial charge in [-0.25, -0.2) is 0 Å². The van der Waals surface area contributed by atoms with Gasteiger partial charge in [-0.05, 0) is 49.8 Å². The van der Waals surface area contributed by atoms with Gasteiger partial charge in [0, 0.05) is 5.39 Å². The second kappa shape index (κ2) is 2.21. The minimum atomic E-state index is 0.416. The molecule has 0 unspecified atom stereocenters. The number of aromatic hydroxyl groups is 1. The molecule has 6 bridgehead atoms. The molecule has 0 spiro atoms. The van der Waals surface area contributed by atoms with Crippen molar-refractivity contribution in [2.45, 2.75) is 0 Å². The summed E-state index contributed by atoms with van der Waals surface area (Å²) in [6.45, 7) is 0. The zero-order chi connectivity index (χ0) is 11.1. The Hall–Kier alpha value is -2.28. The van der Waals surface area contributed by atoms with E-state index in [1.165, 1.54) is 32.3 Å². The van der Waals surface area contributed by atoms with E-state index in [4.69, 9.17) is 0 Å². The standard InChI is InChI=1S/C16H8O/c17-13-7-9-6-12-10-3-1-2-8-4-5-11(16(12)13)15(9)14(8)10/h1-7,17H. The smallest absolute Gasteiger partial charge is 0.124 e. The molecule has 7 aromatic carbocycles. The van der Waals surface area contributed by atoms with Crippen LogP contribution in [0.5, 0.6) is 5.75 Å². The van der Waals surface area contributed by atoms with E-state index in [1.807, 2.05) is 6.07 Å². The van der Waals surface area contributed by atoms with Crippen molar-refractivity contribution in [3.05, 3.63) is 42.5 Å². The minimum absolute atomic E-state index is 0.416. The maximum absolute atomic E-state index is 10.1. The van der Waals surface area contributed by atoms with Gasteiger partial charge in [-0.3, -0.25) is 0 Å². The summed E-state index contributed by atoms with van der Waals surface area (Å²) in [6, 6.07) is 14.8. The van der Waals surface area contributed by atoms with Crippen LogP contribution in [-0.4, -0.2) is 5.11 Å². The lowest BCUT2D eigenvalue weighted by atomic mass is 9.84. The van der Waals surface area contributed by atoms with Crippen molar-refractivity contribution >= 4 is 43.1 Å². The number of rotatable bonds is 0. The number of hydrogen-bond acceptors (Lipinski definition) is 1. The predicted octanol–water partition coefficient (Wildman–Crippen LogP) is 4.32.